The summed E-state index contributed by atoms with van der Waals surface area (Å²) in [6.45, 7) is 2.66. The number of benzene rings is 1. The van der Waals surface area contributed by atoms with Crippen molar-refractivity contribution in [3.05, 3.63) is 47.3 Å². The Morgan fingerprint density at radius 3 is 2.82 bits per heavy atom. The van der Waals surface area contributed by atoms with Crippen molar-refractivity contribution in [2.24, 2.45) is 0 Å². The molecule has 0 saturated carbocycles. The molecular weight excluding hydrogens is 221 g/mol. The molecule has 1 aromatic rings. The van der Waals surface area contributed by atoms with E-state index in [4.69, 9.17) is 5.11 Å². The van der Waals surface area contributed by atoms with E-state index >= 15 is 0 Å². The second-order valence-electron chi connectivity index (χ2n) is 4.02. The third-order valence-electron chi connectivity index (χ3n) is 2.39. The van der Waals surface area contributed by atoms with E-state index < -0.39 is 5.97 Å². The van der Waals surface area contributed by atoms with E-state index in [1.807, 2.05) is 18.0 Å². The van der Waals surface area contributed by atoms with Crippen molar-refractivity contribution < 1.29 is 14.3 Å². The van der Waals surface area contributed by atoms with Gasteiger partial charge in [0.1, 0.15) is 5.82 Å². The summed E-state index contributed by atoms with van der Waals surface area (Å²) in [5.74, 6) is -1.17. The van der Waals surface area contributed by atoms with Gasteiger partial charge in [-0.1, -0.05) is 18.2 Å². The number of carboxylic acids is 1. The average molecular weight is 237 g/mol. The summed E-state index contributed by atoms with van der Waals surface area (Å²) < 4.78 is 12.9. The molecule has 0 aliphatic carbocycles. The number of hydrogen-bond donors (Lipinski definition) is 1. The molecule has 0 aromatic heterocycles. The molecule has 0 saturated heterocycles. The van der Waals surface area contributed by atoms with Gasteiger partial charge >= 0.3 is 5.97 Å². The Hall–Kier alpha value is -1.68. The second-order valence-corrected chi connectivity index (χ2v) is 4.02. The summed E-state index contributed by atoms with van der Waals surface area (Å²) in [5, 5.41) is 8.68. The molecule has 92 valence electrons. The molecule has 1 aromatic carbocycles. The zero-order valence-electron chi connectivity index (χ0n) is 9.98. The van der Waals surface area contributed by atoms with E-state index in [2.05, 4.69) is 0 Å². The van der Waals surface area contributed by atoms with Crippen molar-refractivity contribution in [2.45, 2.75) is 13.5 Å². The van der Waals surface area contributed by atoms with E-state index in [1.165, 1.54) is 12.1 Å². The fourth-order valence-corrected chi connectivity index (χ4v) is 1.39. The van der Waals surface area contributed by atoms with E-state index in [1.54, 1.807) is 19.1 Å². The van der Waals surface area contributed by atoms with Crippen LogP contribution in [0.4, 0.5) is 4.39 Å². The molecule has 0 fully saturated rings. The van der Waals surface area contributed by atoms with Crippen LogP contribution in [-0.2, 0) is 11.3 Å². The molecule has 1 rings (SSSR count). The molecule has 1 N–H and O–H groups in total. The van der Waals surface area contributed by atoms with Gasteiger partial charge in [-0.3, -0.25) is 4.90 Å². The van der Waals surface area contributed by atoms with Crippen LogP contribution in [0.25, 0.3) is 0 Å². The Morgan fingerprint density at radius 2 is 2.24 bits per heavy atom. The molecule has 0 aliphatic rings. The van der Waals surface area contributed by atoms with Crippen molar-refractivity contribution in [3.8, 4) is 0 Å². The Morgan fingerprint density at radius 1 is 1.53 bits per heavy atom. The predicted octanol–water partition coefficient (Wildman–Crippen LogP) is 2.29. The van der Waals surface area contributed by atoms with Gasteiger partial charge in [0.05, 0.1) is 0 Å². The number of aliphatic carboxylic acids is 1. The van der Waals surface area contributed by atoms with Gasteiger partial charge in [-0.25, -0.2) is 9.18 Å². The molecule has 17 heavy (non-hydrogen) atoms. The van der Waals surface area contributed by atoms with E-state index in [0.717, 1.165) is 5.56 Å². The lowest BCUT2D eigenvalue weighted by molar-refractivity contribution is -0.132. The zero-order chi connectivity index (χ0) is 12.8. The highest BCUT2D eigenvalue weighted by atomic mass is 19.1. The Bertz CT molecular complexity index is 429. The van der Waals surface area contributed by atoms with Crippen LogP contribution < -0.4 is 0 Å². The van der Waals surface area contributed by atoms with E-state index in [9.17, 15) is 9.18 Å². The lowest BCUT2D eigenvalue weighted by Gasteiger charge is -2.14. The first-order valence-corrected chi connectivity index (χ1v) is 5.32. The van der Waals surface area contributed by atoms with Crippen molar-refractivity contribution in [2.75, 3.05) is 13.6 Å². The summed E-state index contributed by atoms with van der Waals surface area (Å²) in [4.78, 5) is 12.5. The minimum absolute atomic E-state index is 0.256. The van der Waals surface area contributed by atoms with Gasteiger partial charge in [0.25, 0.3) is 0 Å². The zero-order valence-corrected chi connectivity index (χ0v) is 9.98. The molecule has 0 amide bonds. The maximum atomic E-state index is 12.9. The summed E-state index contributed by atoms with van der Waals surface area (Å²) >= 11 is 0. The van der Waals surface area contributed by atoms with E-state index in [-0.39, 0.29) is 5.82 Å². The molecular formula is C13H16FNO2. The second kappa shape index (κ2) is 6.15. The van der Waals surface area contributed by atoms with Crippen LogP contribution in [-0.4, -0.2) is 29.6 Å². The number of halogens is 1. The molecule has 0 atom stereocenters. The average Bonchev–Trinajstić information content (AvgIpc) is 2.25. The maximum absolute atomic E-state index is 12.9. The standard InChI is InChI=1S/C13H16FNO2/c1-10(13(16)17)6-7-15(2)9-11-4-3-5-12(14)8-11/h3-6,8H,7,9H2,1-2H3,(H,16,17). The number of nitrogens with zero attached hydrogens (tertiary/aromatic N) is 1. The number of carbonyl (C=O) groups is 1. The summed E-state index contributed by atoms with van der Waals surface area (Å²) in [5.41, 5.74) is 1.19. The Balaban J connectivity index is 2.53. The van der Waals surface area contributed by atoms with Crippen LogP contribution in [0.1, 0.15) is 12.5 Å². The Labute approximate surface area is 100 Å². The molecule has 0 bridgehead atoms. The van der Waals surface area contributed by atoms with Gasteiger partial charge in [0.2, 0.25) is 0 Å². The number of rotatable bonds is 5. The van der Waals surface area contributed by atoms with Crippen molar-refractivity contribution in [3.63, 3.8) is 0 Å². The van der Waals surface area contributed by atoms with Crippen LogP contribution in [0, 0.1) is 5.82 Å². The van der Waals surface area contributed by atoms with E-state index in [0.29, 0.717) is 18.7 Å². The van der Waals surface area contributed by atoms with Gasteiger partial charge in [0, 0.05) is 18.7 Å². The normalized spacial score (nSPS) is 11.9. The van der Waals surface area contributed by atoms with Crippen LogP contribution in [0.15, 0.2) is 35.9 Å². The van der Waals surface area contributed by atoms with Gasteiger partial charge in [-0.2, -0.15) is 0 Å². The third-order valence-corrected chi connectivity index (χ3v) is 2.39. The third kappa shape index (κ3) is 4.78. The van der Waals surface area contributed by atoms with Crippen molar-refractivity contribution >= 4 is 5.97 Å². The number of likely N-dealkylation sites (N-methyl/N-ethyl adjacent to an activating group) is 1. The van der Waals surface area contributed by atoms with Crippen LogP contribution in [0.5, 0.6) is 0 Å². The van der Waals surface area contributed by atoms with Gasteiger partial charge in [0.15, 0.2) is 0 Å². The molecule has 0 spiro atoms. The minimum atomic E-state index is -0.913. The fraction of sp³-hybridized carbons (Fsp3) is 0.308. The minimum Gasteiger partial charge on any atom is -0.478 e. The SMILES string of the molecule is CC(=CCN(C)Cc1cccc(F)c1)C(=O)O. The highest BCUT2D eigenvalue weighted by molar-refractivity contribution is 5.85. The predicted molar refractivity (Wildman–Crippen MR) is 64.1 cm³/mol. The van der Waals surface area contributed by atoms with Crippen molar-refractivity contribution in [1.82, 2.24) is 4.90 Å². The molecule has 0 aliphatic heterocycles. The van der Waals surface area contributed by atoms with Gasteiger partial charge in [-0.15, -0.1) is 0 Å². The molecule has 0 radical (unpaired) electrons. The molecule has 4 heteroatoms. The topological polar surface area (TPSA) is 40.5 Å². The summed E-state index contributed by atoms with van der Waals surface area (Å²) in [6.07, 6.45) is 1.64. The molecule has 0 unspecified atom stereocenters. The quantitative estimate of drug-likeness (QED) is 0.799. The molecule has 3 nitrogen and oxygen atoms in total. The number of carboxylic acid groups (broad SMARTS) is 1. The fourth-order valence-electron chi connectivity index (χ4n) is 1.39. The van der Waals surface area contributed by atoms with Crippen LogP contribution in [0.2, 0.25) is 0 Å². The first-order valence-electron chi connectivity index (χ1n) is 5.32. The van der Waals surface area contributed by atoms with Gasteiger partial charge in [-0.05, 0) is 31.7 Å². The first-order chi connectivity index (χ1) is 7.99. The largest absolute Gasteiger partial charge is 0.478 e. The van der Waals surface area contributed by atoms with Gasteiger partial charge < -0.3 is 5.11 Å². The summed E-state index contributed by atoms with van der Waals surface area (Å²) in [6, 6.07) is 6.38. The highest BCUT2D eigenvalue weighted by Gasteiger charge is 2.02. The maximum Gasteiger partial charge on any atom is 0.330 e. The highest BCUT2D eigenvalue weighted by Crippen LogP contribution is 2.06. The lowest BCUT2D eigenvalue weighted by atomic mass is 10.2. The van der Waals surface area contributed by atoms with Crippen LogP contribution in [0.3, 0.4) is 0 Å². The Kier molecular flexibility index (Phi) is 4.84. The monoisotopic (exact) mass is 237 g/mol. The molecule has 0 heterocycles. The summed E-state index contributed by atoms with van der Waals surface area (Å²) in [7, 11) is 1.86. The van der Waals surface area contributed by atoms with Crippen molar-refractivity contribution in [1.29, 1.82) is 0 Å². The first kappa shape index (κ1) is 13.4. The van der Waals surface area contributed by atoms with Crippen LogP contribution >= 0.6 is 0 Å². The number of hydrogen-bond acceptors (Lipinski definition) is 2. The lowest BCUT2D eigenvalue weighted by Crippen LogP contribution is -2.18. The smallest absolute Gasteiger partial charge is 0.330 e.